The number of carbonyl (C=O) groups excluding carboxylic acids is 1. The summed E-state index contributed by atoms with van der Waals surface area (Å²) in [7, 11) is 0. The number of likely N-dealkylation sites (tertiary alicyclic amines) is 1. The molecule has 4 nitrogen and oxygen atoms in total. The molecule has 18 heavy (non-hydrogen) atoms. The molecule has 2 saturated heterocycles. The van der Waals surface area contributed by atoms with Crippen LogP contribution in [0.3, 0.4) is 0 Å². The van der Waals surface area contributed by atoms with Crippen molar-refractivity contribution in [2.24, 2.45) is 5.73 Å². The Hall–Kier alpha value is -0.260. The minimum atomic E-state index is 0.253. The zero-order valence-electron chi connectivity index (χ0n) is 11.0. The van der Waals surface area contributed by atoms with E-state index in [4.69, 9.17) is 10.5 Å². The molecule has 2 rings (SSSR count). The minimum Gasteiger partial charge on any atom is -0.377 e. The molecule has 1 amide bonds. The summed E-state index contributed by atoms with van der Waals surface area (Å²) in [5.41, 5.74) is 5.69. The highest BCUT2D eigenvalue weighted by atomic mass is 32.2. The number of nitrogens with two attached hydrogens (primary N) is 1. The lowest BCUT2D eigenvalue weighted by molar-refractivity contribution is -0.128. The molecule has 2 N–H and O–H groups in total. The first-order valence-corrected chi connectivity index (χ1v) is 8.15. The maximum Gasteiger partial charge on any atom is 0.232 e. The Morgan fingerprint density at radius 3 is 2.94 bits per heavy atom. The maximum absolute atomic E-state index is 12.1. The van der Waals surface area contributed by atoms with Crippen molar-refractivity contribution in [3.05, 3.63) is 0 Å². The summed E-state index contributed by atoms with van der Waals surface area (Å²) in [5.74, 6) is 1.78. The Morgan fingerprint density at radius 1 is 1.33 bits per heavy atom. The molecule has 0 aromatic heterocycles. The van der Waals surface area contributed by atoms with Crippen LogP contribution in [0.15, 0.2) is 0 Å². The first kappa shape index (κ1) is 14.2. The van der Waals surface area contributed by atoms with Crippen LogP contribution >= 0.6 is 11.8 Å². The van der Waals surface area contributed by atoms with E-state index in [2.05, 4.69) is 0 Å². The van der Waals surface area contributed by atoms with Gasteiger partial charge in [-0.2, -0.15) is 0 Å². The standard InChI is InChI=1S/C13H24N2O2S/c14-8-11-4-3-6-15(11)13(16)10-18-9-12-5-1-2-7-17-12/h11-12H,1-10,14H2. The van der Waals surface area contributed by atoms with Crippen molar-refractivity contribution < 1.29 is 9.53 Å². The molecule has 0 aromatic rings. The summed E-state index contributed by atoms with van der Waals surface area (Å²) in [5, 5.41) is 0. The molecular formula is C13H24N2O2S. The monoisotopic (exact) mass is 272 g/mol. The number of carbonyl (C=O) groups is 1. The molecule has 0 aliphatic carbocycles. The quantitative estimate of drug-likeness (QED) is 0.818. The zero-order chi connectivity index (χ0) is 12.8. The molecule has 2 aliphatic rings. The van der Waals surface area contributed by atoms with Crippen LogP contribution in [0.25, 0.3) is 0 Å². The van der Waals surface area contributed by atoms with Gasteiger partial charge in [0.2, 0.25) is 5.91 Å². The van der Waals surface area contributed by atoms with Gasteiger partial charge in [0, 0.05) is 31.5 Å². The third kappa shape index (κ3) is 3.87. The minimum absolute atomic E-state index is 0.253. The van der Waals surface area contributed by atoms with Gasteiger partial charge in [-0.15, -0.1) is 11.8 Å². The van der Waals surface area contributed by atoms with E-state index in [9.17, 15) is 4.79 Å². The number of rotatable bonds is 5. The van der Waals surface area contributed by atoms with Gasteiger partial charge in [-0.1, -0.05) is 0 Å². The average Bonchev–Trinajstić information content (AvgIpc) is 2.88. The molecule has 2 fully saturated rings. The van der Waals surface area contributed by atoms with Gasteiger partial charge in [0.05, 0.1) is 11.9 Å². The first-order valence-electron chi connectivity index (χ1n) is 7.00. The van der Waals surface area contributed by atoms with Crippen molar-refractivity contribution in [2.75, 3.05) is 31.2 Å². The lowest BCUT2D eigenvalue weighted by Crippen LogP contribution is -2.41. The molecule has 0 radical (unpaired) electrons. The molecule has 0 aromatic carbocycles. The second kappa shape index (κ2) is 7.36. The predicted octanol–water partition coefficient (Wildman–Crippen LogP) is 1.24. The molecule has 5 heteroatoms. The van der Waals surface area contributed by atoms with Gasteiger partial charge in [0.1, 0.15) is 0 Å². The van der Waals surface area contributed by atoms with Gasteiger partial charge < -0.3 is 15.4 Å². The smallest absolute Gasteiger partial charge is 0.232 e. The van der Waals surface area contributed by atoms with E-state index in [1.807, 2.05) is 4.90 Å². The number of hydrogen-bond acceptors (Lipinski definition) is 4. The van der Waals surface area contributed by atoms with Gasteiger partial charge in [-0.3, -0.25) is 4.79 Å². The van der Waals surface area contributed by atoms with Crippen LogP contribution in [-0.2, 0) is 9.53 Å². The van der Waals surface area contributed by atoms with Crippen LogP contribution in [0, 0.1) is 0 Å². The van der Waals surface area contributed by atoms with Crippen LogP contribution in [0.5, 0.6) is 0 Å². The highest BCUT2D eigenvalue weighted by Crippen LogP contribution is 2.20. The summed E-state index contributed by atoms with van der Waals surface area (Å²) < 4.78 is 5.66. The highest BCUT2D eigenvalue weighted by molar-refractivity contribution is 7.99. The van der Waals surface area contributed by atoms with Gasteiger partial charge in [0.25, 0.3) is 0 Å². The fraction of sp³-hybridized carbons (Fsp3) is 0.923. The molecule has 2 aliphatic heterocycles. The van der Waals surface area contributed by atoms with E-state index < -0.39 is 0 Å². The molecule has 2 heterocycles. The van der Waals surface area contributed by atoms with Gasteiger partial charge >= 0.3 is 0 Å². The Labute approximate surface area is 114 Å². The number of hydrogen-bond donors (Lipinski definition) is 1. The summed E-state index contributed by atoms with van der Waals surface area (Å²) in [4.78, 5) is 14.0. The molecule has 0 saturated carbocycles. The molecule has 104 valence electrons. The topological polar surface area (TPSA) is 55.6 Å². The SMILES string of the molecule is NCC1CCCN1C(=O)CSCC1CCCCO1. The molecular weight excluding hydrogens is 248 g/mol. The van der Waals surface area contributed by atoms with Crippen LogP contribution in [0.2, 0.25) is 0 Å². The van der Waals surface area contributed by atoms with E-state index in [0.717, 1.165) is 38.2 Å². The predicted molar refractivity (Wildman–Crippen MR) is 74.7 cm³/mol. The van der Waals surface area contributed by atoms with Crippen molar-refractivity contribution in [1.82, 2.24) is 4.90 Å². The first-order chi connectivity index (χ1) is 8.81. The third-order valence-corrected chi connectivity index (χ3v) is 4.83. The largest absolute Gasteiger partial charge is 0.377 e. The number of thioether (sulfide) groups is 1. The van der Waals surface area contributed by atoms with E-state index in [-0.39, 0.29) is 11.9 Å². The molecule has 0 bridgehead atoms. The van der Waals surface area contributed by atoms with Crippen molar-refractivity contribution in [2.45, 2.75) is 44.2 Å². The third-order valence-electron chi connectivity index (χ3n) is 3.77. The Bertz CT molecular complexity index is 270. The maximum atomic E-state index is 12.1. The van der Waals surface area contributed by atoms with Crippen LogP contribution in [-0.4, -0.2) is 54.2 Å². The van der Waals surface area contributed by atoms with Gasteiger partial charge in [-0.25, -0.2) is 0 Å². The van der Waals surface area contributed by atoms with Crippen LogP contribution in [0.1, 0.15) is 32.1 Å². The van der Waals surface area contributed by atoms with Crippen molar-refractivity contribution in [1.29, 1.82) is 0 Å². The van der Waals surface area contributed by atoms with Gasteiger partial charge in [0.15, 0.2) is 0 Å². The van der Waals surface area contributed by atoms with Crippen molar-refractivity contribution >= 4 is 17.7 Å². The summed E-state index contributed by atoms with van der Waals surface area (Å²) in [6, 6.07) is 0.282. The van der Waals surface area contributed by atoms with Crippen molar-refractivity contribution in [3.8, 4) is 0 Å². The average molecular weight is 272 g/mol. The molecule has 2 unspecified atom stereocenters. The van der Waals surface area contributed by atoms with E-state index >= 15 is 0 Å². The number of amides is 1. The fourth-order valence-corrected chi connectivity index (χ4v) is 3.69. The van der Waals surface area contributed by atoms with E-state index in [1.54, 1.807) is 11.8 Å². The summed E-state index contributed by atoms with van der Waals surface area (Å²) in [6.45, 7) is 2.38. The fourth-order valence-electron chi connectivity index (χ4n) is 2.71. The van der Waals surface area contributed by atoms with Crippen molar-refractivity contribution in [3.63, 3.8) is 0 Å². The molecule has 2 atom stereocenters. The Morgan fingerprint density at radius 2 is 2.22 bits per heavy atom. The molecule has 0 spiro atoms. The van der Waals surface area contributed by atoms with Gasteiger partial charge in [-0.05, 0) is 32.1 Å². The normalized spacial score (nSPS) is 28.6. The van der Waals surface area contributed by atoms with E-state index in [0.29, 0.717) is 18.4 Å². The van der Waals surface area contributed by atoms with E-state index in [1.165, 1.54) is 12.8 Å². The zero-order valence-corrected chi connectivity index (χ0v) is 11.8. The lowest BCUT2D eigenvalue weighted by atomic mass is 10.1. The number of nitrogens with zero attached hydrogens (tertiary/aromatic N) is 1. The Kier molecular flexibility index (Phi) is 5.79. The van der Waals surface area contributed by atoms with Crippen LogP contribution in [0.4, 0.5) is 0 Å². The highest BCUT2D eigenvalue weighted by Gasteiger charge is 2.27. The number of ether oxygens (including phenoxy) is 1. The Balaban J connectivity index is 1.64. The lowest BCUT2D eigenvalue weighted by Gasteiger charge is -2.25. The summed E-state index contributed by atoms with van der Waals surface area (Å²) >= 11 is 1.71. The second-order valence-electron chi connectivity index (χ2n) is 5.12. The summed E-state index contributed by atoms with van der Waals surface area (Å²) in [6.07, 6.45) is 6.13. The van der Waals surface area contributed by atoms with Crippen LogP contribution < -0.4 is 5.73 Å². The second-order valence-corrected chi connectivity index (χ2v) is 6.15.